The van der Waals surface area contributed by atoms with E-state index in [1.165, 1.54) is 0 Å². The number of aromatic nitrogens is 2. The summed E-state index contributed by atoms with van der Waals surface area (Å²) >= 11 is 1.63. The first kappa shape index (κ1) is 16.9. The van der Waals surface area contributed by atoms with Gasteiger partial charge in [-0.1, -0.05) is 23.5 Å². The number of carboxylic acids is 1. The van der Waals surface area contributed by atoms with Gasteiger partial charge in [0.2, 0.25) is 0 Å². The number of rotatable bonds is 0. The number of fused-ring (bicyclic) bond motifs is 4. The van der Waals surface area contributed by atoms with Gasteiger partial charge in [0, 0.05) is 5.38 Å². The number of carboxylic acid groups (broad SMARTS) is 1. The Morgan fingerprint density at radius 3 is 2.72 bits per heavy atom. The van der Waals surface area contributed by atoms with Crippen LogP contribution in [0, 0.1) is 0 Å². The van der Waals surface area contributed by atoms with Crippen molar-refractivity contribution in [2.45, 2.75) is 6.18 Å². The lowest BCUT2D eigenvalue weighted by Crippen LogP contribution is -2.37. The molecular formula is C16H9F3N2O3S. The third-order valence-corrected chi connectivity index (χ3v) is 3.96. The largest absolute Gasteiger partial charge is 0.542 e. The molecule has 1 aliphatic heterocycles. The van der Waals surface area contributed by atoms with Crippen LogP contribution < -0.4 is 14.2 Å². The van der Waals surface area contributed by atoms with Gasteiger partial charge in [0.1, 0.15) is 24.1 Å². The number of aliphatic carboxylic acids is 1. The second kappa shape index (κ2) is 6.52. The summed E-state index contributed by atoms with van der Waals surface area (Å²) in [5, 5.41) is 10.8. The molecule has 0 radical (unpaired) electrons. The van der Waals surface area contributed by atoms with Gasteiger partial charge < -0.3 is 14.6 Å². The highest BCUT2D eigenvalue weighted by atomic mass is 32.1. The molecule has 2 aromatic heterocycles. The number of para-hydroxylation sites is 1. The SMILES string of the molecule is C1=Cc2c[n+]3ccsc3nc2-c2ccccc2O1.O=C([O-])C(F)(F)F. The quantitative estimate of drug-likeness (QED) is 0.572. The molecule has 3 aromatic rings. The molecule has 4 rings (SSSR count). The average molecular weight is 366 g/mol. The standard InChI is InChI=1S/C14H9N2OS.C2HF3O2/c1-2-4-12-11(3-1)13-10(5-7-17-12)9-16-6-8-18-14(16)15-13;3-2(4,5)1(6)7/h1-9H;(H,6,7)/q+1;/p-1. The monoisotopic (exact) mass is 366 g/mol. The van der Waals surface area contributed by atoms with Crippen LogP contribution in [0.15, 0.2) is 48.3 Å². The molecule has 3 heterocycles. The van der Waals surface area contributed by atoms with E-state index in [-0.39, 0.29) is 0 Å². The van der Waals surface area contributed by atoms with E-state index < -0.39 is 12.1 Å². The van der Waals surface area contributed by atoms with Crippen LogP contribution >= 0.6 is 11.3 Å². The van der Waals surface area contributed by atoms with Crippen molar-refractivity contribution in [3.8, 4) is 17.0 Å². The normalized spacial score (nSPS) is 12.3. The molecule has 0 saturated carbocycles. The highest BCUT2D eigenvalue weighted by Crippen LogP contribution is 2.33. The van der Waals surface area contributed by atoms with Crippen LogP contribution in [0.4, 0.5) is 13.2 Å². The van der Waals surface area contributed by atoms with Crippen LogP contribution in [0.25, 0.3) is 22.3 Å². The average Bonchev–Trinajstić information content (AvgIpc) is 2.93. The summed E-state index contributed by atoms with van der Waals surface area (Å²) < 4.78 is 39.2. The third kappa shape index (κ3) is 3.61. The Morgan fingerprint density at radius 2 is 2.00 bits per heavy atom. The minimum Gasteiger partial charge on any atom is -0.542 e. The Balaban J connectivity index is 0.000000225. The van der Waals surface area contributed by atoms with Gasteiger partial charge in [-0.25, -0.2) is 0 Å². The first-order valence-corrected chi connectivity index (χ1v) is 7.74. The fourth-order valence-corrected chi connectivity index (χ4v) is 2.81. The molecule has 0 spiro atoms. The van der Waals surface area contributed by atoms with E-state index in [0.29, 0.717) is 0 Å². The number of hydrogen-bond acceptors (Lipinski definition) is 5. The van der Waals surface area contributed by atoms with Gasteiger partial charge in [-0.3, -0.25) is 0 Å². The summed E-state index contributed by atoms with van der Waals surface area (Å²) in [5.74, 6) is -2.16. The van der Waals surface area contributed by atoms with E-state index in [0.717, 1.165) is 27.5 Å². The summed E-state index contributed by atoms with van der Waals surface area (Å²) in [6.45, 7) is 0. The van der Waals surface area contributed by atoms with Gasteiger partial charge in [0.15, 0.2) is 5.69 Å². The maximum Gasteiger partial charge on any atom is 0.430 e. The number of carbonyl (C=O) groups excluding carboxylic acids is 1. The van der Waals surface area contributed by atoms with Crippen molar-refractivity contribution in [1.29, 1.82) is 0 Å². The lowest BCUT2D eigenvalue weighted by Gasteiger charge is -2.03. The van der Waals surface area contributed by atoms with Gasteiger partial charge in [0.25, 0.3) is 0 Å². The first-order valence-electron chi connectivity index (χ1n) is 6.86. The van der Waals surface area contributed by atoms with Crippen molar-refractivity contribution in [3.05, 3.63) is 53.9 Å². The number of nitrogens with zero attached hydrogens (tertiary/aromatic N) is 2. The summed E-state index contributed by atoms with van der Waals surface area (Å²) in [4.78, 5) is 14.5. The van der Waals surface area contributed by atoms with Crippen LogP contribution in [0.2, 0.25) is 0 Å². The Morgan fingerprint density at radius 1 is 1.28 bits per heavy atom. The summed E-state index contributed by atoms with van der Waals surface area (Å²) in [6, 6.07) is 7.97. The molecule has 0 aliphatic carbocycles. The van der Waals surface area contributed by atoms with E-state index in [4.69, 9.17) is 19.6 Å². The molecule has 0 bridgehead atoms. The molecule has 128 valence electrons. The van der Waals surface area contributed by atoms with Gasteiger partial charge in [-0.05, 0) is 23.2 Å². The van der Waals surface area contributed by atoms with E-state index in [9.17, 15) is 13.2 Å². The molecule has 0 unspecified atom stereocenters. The summed E-state index contributed by atoms with van der Waals surface area (Å²) in [5.41, 5.74) is 3.08. The second-order valence-electron chi connectivity index (χ2n) is 4.84. The topological polar surface area (TPSA) is 66.4 Å². The van der Waals surface area contributed by atoms with E-state index >= 15 is 0 Å². The molecule has 0 saturated heterocycles. The summed E-state index contributed by atoms with van der Waals surface area (Å²) in [6.07, 6.45) is 2.56. The van der Waals surface area contributed by atoms with Crippen molar-refractivity contribution in [1.82, 2.24) is 4.98 Å². The predicted molar refractivity (Wildman–Crippen MR) is 81.4 cm³/mol. The smallest absolute Gasteiger partial charge is 0.430 e. The fraction of sp³-hybridized carbons (Fsp3) is 0.0625. The molecule has 9 heteroatoms. The van der Waals surface area contributed by atoms with E-state index in [1.807, 2.05) is 46.3 Å². The number of hydrogen-bond donors (Lipinski definition) is 0. The molecule has 0 N–H and O–H groups in total. The van der Waals surface area contributed by atoms with Gasteiger partial charge in [0.05, 0.1) is 17.4 Å². The molecule has 25 heavy (non-hydrogen) atoms. The van der Waals surface area contributed by atoms with Gasteiger partial charge in [-0.2, -0.15) is 17.6 Å². The van der Waals surface area contributed by atoms with E-state index in [1.54, 1.807) is 17.6 Å². The lowest BCUT2D eigenvalue weighted by atomic mass is 10.1. The summed E-state index contributed by atoms with van der Waals surface area (Å²) in [7, 11) is 0. The van der Waals surface area contributed by atoms with Crippen LogP contribution in [0.3, 0.4) is 0 Å². The number of benzene rings is 1. The Bertz CT molecular complexity index is 967. The molecule has 1 aliphatic rings. The molecule has 5 nitrogen and oxygen atoms in total. The van der Waals surface area contributed by atoms with Crippen LogP contribution in [0.5, 0.6) is 5.75 Å². The first-order chi connectivity index (χ1) is 11.9. The zero-order chi connectivity index (χ0) is 18.0. The molecule has 1 aromatic carbocycles. The molecule has 0 fully saturated rings. The number of carbonyl (C=O) groups is 1. The van der Waals surface area contributed by atoms with Crippen molar-refractivity contribution in [2.24, 2.45) is 0 Å². The fourth-order valence-electron chi connectivity index (χ4n) is 2.12. The number of thiazole rings is 1. The third-order valence-electron chi connectivity index (χ3n) is 3.19. The number of halogens is 3. The minimum atomic E-state index is -5.19. The number of ether oxygens (including phenoxy) is 1. The van der Waals surface area contributed by atoms with Gasteiger partial charge in [-0.15, -0.1) is 0 Å². The Labute approximate surface area is 143 Å². The van der Waals surface area contributed by atoms with E-state index in [2.05, 4.69) is 6.20 Å². The minimum absolute atomic E-state index is 0.848. The van der Waals surface area contributed by atoms with Crippen molar-refractivity contribution < 1.29 is 32.2 Å². The zero-order valence-electron chi connectivity index (χ0n) is 12.4. The van der Waals surface area contributed by atoms with Crippen LogP contribution in [-0.4, -0.2) is 17.1 Å². The highest BCUT2D eigenvalue weighted by molar-refractivity contribution is 7.14. The van der Waals surface area contributed by atoms with Crippen molar-refractivity contribution in [3.63, 3.8) is 0 Å². The Hall–Kier alpha value is -2.94. The van der Waals surface area contributed by atoms with Crippen molar-refractivity contribution >= 4 is 28.3 Å². The molecular weight excluding hydrogens is 357 g/mol. The number of alkyl halides is 3. The van der Waals surface area contributed by atoms with Crippen LogP contribution in [0.1, 0.15) is 5.56 Å². The maximum atomic E-state index is 10.5. The second-order valence-corrected chi connectivity index (χ2v) is 5.71. The molecule has 0 amide bonds. The maximum absolute atomic E-state index is 10.5. The highest BCUT2D eigenvalue weighted by Gasteiger charge is 2.28. The predicted octanol–water partition coefficient (Wildman–Crippen LogP) is 2.21. The van der Waals surface area contributed by atoms with Crippen LogP contribution in [-0.2, 0) is 4.79 Å². The lowest BCUT2D eigenvalue weighted by molar-refractivity contribution is -0.509. The Kier molecular flexibility index (Phi) is 4.41. The molecule has 0 atom stereocenters. The zero-order valence-corrected chi connectivity index (χ0v) is 13.2. The van der Waals surface area contributed by atoms with Gasteiger partial charge >= 0.3 is 11.1 Å². The van der Waals surface area contributed by atoms with Crippen molar-refractivity contribution in [2.75, 3.05) is 0 Å².